The Labute approximate surface area is 229 Å². The Morgan fingerprint density at radius 3 is 2.59 bits per heavy atom. The number of carbonyl (C=O) groups is 1. The Morgan fingerprint density at radius 1 is 1.05 bits per heavy atom. The number of para-hydroxylation sites is 1. The van der Waals surface area contributed by atoms with Gasteiger partial charge in [0, 0.05) is 39.6 Å². The minimum absolute atomic E-state index is 0.358. The number of hydrogen-bond acceptors (Lipinski definition) is 9. The smallest absolute Gasteiger partial charge is 0.488 e. The Hall–Kier alpha value is -4.03. The molecule has 11 heteroatoms. The lowest BCUT2D eigenvalue weighted by Gasteiger charge is -2.14. The first-order chi connectivity index (χ1) is 18.9. The second-order valence-corrected chi connectivity index (χ2v) is 10.2. The van der Waals surface area contributed by atoms with Crippen LogP contribution in [-0.2, 0) is 11.3 Å². The van der Waals surface area contributed by atoms with Crippen LogP contribution in [0.5, 0.6) is 5.75 Å². The molecule has 0 fully saturated rings. The molecule has 1 amide bonds. The number of thiophene rings is 1. The van der Waals surface area contributed by atoms with Crippen molar-refractivity contribution in [3.05, 3.63) is 76.7 Å². The van der Waals surface area contributed by atoms with Crippen LogP contribution in [0.1, 0.15) is 20.8 Å². The standard InChI is InChI=1S/C28H27BN4O5S/c1-16-23(19-8-4-10-21(26(30)34)25(19)39-16)28-32-24-20(9-5-11-22(24)38-13-12-37-2)27(33-28)31-15-17-6-3-7-18(14-17)29(35)36/h3-11,14,35-36H,12-13,15H2,1-2H3,(H2,30,34)(H,31,32,33). The van der Waals surface area contributed by atoms with Crippen LogP contribution in [0.2, 0.25) is 0 Å². The third-order valence-corrected chi connectivity index (χ3v) is 7.48. The summed E-state index contributed by atoms with van der Waals surface area (Å²) in [5.74, 6) is 1.18. The average Bonchev–Trinajstić information content (AvgIpc) is 3.27. The van der Waals surface area contributed by atoms with E-state index in [1.54, 1.807) is 37.4 Å². The number of aryl methyl sites for hydroxylation is 1. The maximum absolute atomic E-state index is 12.1. The number of aromatic nitrogens is 2. The maximum atomic E-state index is 12.1. The highest BCUT2D eigenvalue weighted by Gasteiger charge is 2.21. The molecule has 0 aliphatic carbocycles. The van der Waals surface area contributed by atoms with E-state index in [0.717, 1.165) is 31.5 Å². The van der Waals surface area contributed by atoms with Crippen molar-refractivity contribution in [3.8, 4) is 17.1 Å². The number of nitrogens with zero attached hydrogens (tertiary/aromatic N) is 2. The zero-order chi connectivity index (χ0) is 27.5. The van der Waals surface area contributed by atoms with Gasteiger partial charge >= 0.3 is 7.12 Å². The van der Waals surface area contributed by atoms with Crippen LogP contribution in [0.4, 0.5) is 5.82 Å². The van der Waals surface area contributed by atoms with Gasteiger partial charge in [-0.15, -0.1) is 11.3 Å². The molecule has 5 aromatic rings. The highest BCUT2D eigenvalue weighted by atomic mass is 32.1. The Kier molecular flexibility index (Phi) is 7.76. The fourth-order valence-corrected chi connectivity index (χ4v) is 5.65. The molecular weight excluding hydrogens is 515 g/mol. The molecule has 2 heterocycles. The third kappa shape index (κ3) is 5.43. The van der Waals surface area contributed by atoms with E-state index in [-0.39, 0.29) is 0 Å². The van der Waals surface area contributed by atoms with Gasteiger partial charge in [-0.3, -0.25) is 4.79 Å². The number of methoxy groups -OCH3 is 1. The van der Waals surface area contributed by atoms with E-state index in [9.17, 15) is 14.8 Å². The normalized spacial score (nSPS) is 11.2. The van der Waals surface area contributed by atoms with E-state index >= 15 is 0 Å². The first-order valence-electron chi connectivity index (χ1n) is 12.3. The molecule has 3 aromatic carbocycles. The van der Waals surface area contributed by atoms with Gasteiger partial charge in [0.2, 0.25) is 5.91 Å². The van der Waals surface area contributed by atoms with E-state index in [1.165, 1.54) is 11.3 Å². The summed E-state index contributed by atoms with van der Waals surface area (Å²) < 4.78 is 11.9. The van der Waals surface area contributed by atoms with Gasteiger partial charge in [0.15, 0.2) is 5.82 Å². The van der Waals surface area contributed by atoms with Crippen molar-refractivity contribution in [1.82, 2.24) is 9.97 Å². The zero-order valence-electron chi connectivity index (χ0n) is 21.5. The SMILES string of the molecule is COCCOc1cccc2c(NCc3cccc(B(O)O)c3)nc(-c3c(C)sc4c(C(N)=O)cccc34)nc12. The summed E-state index contributed by atoms with van der Waals surface area (Å²) in [6.07, 6.45) is 0. The van der Waals surface area contributed by atoms with Crippen molar-refractivity contribution in [2.45, 2.75) is 13.5 Å². The Morgan fingerprint density at radius 2 is 1.82 bits per heavy atom. The molecule has 0 spiro atoms. The lowest BCUT2D eigenvalue weighted by Crippen LogP contribution is -2.30. The number of carbonyl (C=O) groups excluding carboxylic acids is 1. The lowest BCUT2D eigenvalue weighted by atomic mass is 9.80. The molecule has 198 valence electrons. The topological polar surface area (TPSA) is 140 Å². The molecule has 5 rings (SSSR count). The predicted molar refractivity (Wildman–Crippen MR) is 155 cm³/mol. The number of benzene rings is 3. The highest BCUT2D eigenvalue weighted by molar-refractivity contribution is 7.20. The summed E-state index contributed by atoms with van der Waals surface area (Å²) in [4.78, 5) is 22.9. The van der Waals surface area contributed by atoms with Gasteiger partial charge in [0.1, 0.15) is 23.7 Å². The van der Waals surface area contributed by atoms with Gasteiger partial charge in [0.05, 0.1) is 12.2 Å². The summed E-state index contributed by atoms with van der Waals surface area (Å²) >= 11 is 1.48. The van der Waals surface area contributed by atoms with Crippen LogP contribution >= 0.6 is 11.3 Å². The van der Waals surface area contributed by atoms with Gasteiger partial charge in [-0.2, -0.15) is 0 Å². The average molecular weight is 542 g/mol. The van der Waals surface area contributed by atoms with Crippen LogP contribution < -0.4 is 21.3 Å². The second-order valence-electron chi connectivity index (χ2n) is 8.94. The van der Waals surface area contributed by atoms with Gasteiger partial charge in [-0.25, -0.2) is 9.97 Å². The fourth-order valence-electron chi connectivity index (χ4n) is 4.48. The minimum atomic E-state index is -1.55. The molecule has 2 aromatic heterocycles. The van der Waals surface area contributed by atoms with Crippen LogP contribution in [0.3, 0.4) is 0 Å². The summed E-state index contributed by atoms with van der Waals surface area (Å²) in [7, 11) is 0.0630. The molecule has 5 N–H and O–H groups in total. The molecule has 0 bridgehead atoms. The van der Waals surface area contributed by atoms with Crippen LogP contribution in [0, 0.1) is 6.92 Å². The Bertz CT molecular complexity index is 1670. The van der Waals surface area contributed by atoms with Gasteiger partial charge < -0.3 is 30.6 Å². The van der Waals surface area contributed by atoms with Crippen LogP contribution in [-0.4, -0.2) is 53.4 Å². The predicted octanol–water partition coefficient (Wildman–Crippen LogP) is 3.24. The monoisotopic (exact) mass is 542 g/mol. The number of rotatable bonds is 10. The maximum Gasteiger partial charge on any atom is 0.488 e. The highest BCUT2D eigenvalue weighted by Crippen LogP contribution is 2.40. The van der Waals surface area contributed by atoms with Crippen molar-refractivity contribution in [3.63, 3.8) is 0 Å². The van der Waals surface area contributed by atoms with E-state index < -0.39 is 13.0 Å². The second kappa shape index (κ2) is 11.4. The van der Waals surface area contributed by atoms with Crippen LogP contribution in [0.25, 0.3) is 32.4 Å². The van der Waals surface area contributed by atoms with Crippen molar-refractivity contribution in [1.29, 1.82) is 0 Å². The fraction of sp³-hybridized carbons (Fsp3) is 0.179. The summed E-state index contributed by atoms with van der Waals surface area (Å²) in [5.41, 5.74) is 8.81. The van der Waals surface area contributed by atoms with Crippen molar-refractivity contribution in [2.75, 3.05) is 25.6 Å². The molecule has 0 aliphatic rings. The Balaban J connectivity index is 1.65. The minimum Gasteiger partial charge on any atom is -0.489 e. The number of primary amides is 1. The number of anilines is 1. The number of amides is 1. The summed E-state index contributed by atoms with van der Waals surface area (Å²) in [6, 6.07) is 18.2. The first-order valence-corrected chi connectivity index (χ1v) is 13.1. The van der Waals surface area contributed by atoms with Gasteiger partial charge in [0.25, 0.3) is 0 Å². The van der Waals surface area contributed by atoms with Crippen molar-refractivity contribution < 1.29 is 24.3 Å². The van der Waals surface area contributed by atoms with E-state index in [2.05, 4.69) is 5.32 Å². The molecule has 0 saturated carbocycles. The number of ether oxygens (including phenoxy) is 2. The molecular formula is C28H27BN4O5S. The molecule has 0 radical (unpaired) electrons. The molecule has 39 heavy (non-hydrogen) atoms. The van der Waals surface area contributed by atoms with E-state index in [4.69, 9.17) is 25.2 Å². The largest absolute Gasteiger partial charge is 0.489 e. The number of nitrogens with two attached hydrogens (primary N) is 1. The summed E-state index contributed by atoms with van der Waals surface area (Å²) in [6.45, 7) is 3.14. The third-order valence-electron chi connectivity index (χ3n) is 6.32. The quantitative estimate of drug-likeness (QED) is 0.156. The summed E-state index contributed by atoms with van der Waals surface area (Å²) in [5, 5.41) is 24.1. The number of fused-ring (bicyclic) bond motifs is 2. The molecule has 0 unspecified atom stereocenters. The van der Waals surface area contributed by atoms with Crippen molar-refractivity contribution >= 4 is 56.6 Å². The van der Waals surface area contributed by atoms with Crippen molar-refractivity contribution in [2.24, 2.45) is 5.73 Å². The number of hydrogen-bond donors (Lipinski definition) is 4. The lowest BCUT2D eigenvalue weighted by molar-refractivity contribution is 0.100. The molecule has 0 aliphatic heterocycles. The van der Waals surface area contributed by atoms with Gasteiger partial charge in [-0.05, 0) is 36.1 Å². The number of nitrogens with one attached hydrogen (secondary N) is 1. The van der Waals surface area contributed by atoms with E-state index in [0.29, 0.717) is 53.7 Å². The van der Waals surface area contributed by atoms with Crippen LogP contribution in [0.15, 0.2) is 60.7 Å². The zero-order valence-corrected chi connectivity index (χ0v) is 22.3. The molecule has 9 nitrogen and oxygen atoms in total. The first kappa shape index (κ1) is 26.6. The molecule has 0 saturated heterocycles. The van der Waals surface area contributed by atoms with Gasteiger partial charge in [-0.1, -0.05) is 42.5 Å². The molecule has 0 atom stereocenters. The van der Waals surface area contributed by atoms with E-state index in [1.807, 2.05) is 37.3 Å².